The number of ether oxygens (including phenoxy) is 1. The number of benzene rings is 1. The Labute approximate surface area is 101 Å². The van der Waals surface area contributed by atoms with Crippen LogP contribution in [0.1, 0.15) is 18.2 Å². The van der Waals surface area contributed by atoms with E-state index in [-0.39, 0.29) is 0 Å². The summed E-state index contributed by atoms with van der Waals surface area (Å²) >= 11 is 0. The number of hydrogen-bond donors (Lipinski definition) is 0. The highest BCUT2D eigenvalue weighted by Gasteiger charge is 2.07. The van der Waals surface area contributed by atoms with Gasteiger partial charge in [0.2, 0.25) is 0 Å². The zero-order valence-electron chi connectivity index (χ0n) is 9.99. The lowest BCUT2D eigenvalue weighted by Crippen LogP contribution is -1.94. The largest absolute Gasteiger partial charge is 0.493 e. The molecule has 2 rings (SSSR count). The molecule has 0 saturated carbocycles. The fraction of sp³-hybridized carbons (Fsp3) is 0.200. The zero-order chi connectivity index (χ0) is 12.3. The number of furan rings is 1. The summed E-state index contributed by atoms with van der Waals surface area (Å²) in [4.78, 5) is 0. The molecule has 0 bridgehead atoms. The molecule has 0 aliphatic rings. The Bertz CT molecular complexity index is 559. The Morgan fingerprint density at radius 2 is 2.12 bits per heavy atom. The van der Waals surface area contributed by atoms with Crippen molar-refractivity contribution >= 4 is 0 Å². The lowest BCUT2D eigenvalue weighted by atomic mass is 10.1. The van der Waals surface area contributed by atoms with Crippen molar-refractivity contribution in [1.82, 2.24) is 0 Å². The van der Waals surface area contributed by atoms with Crippen molar-refractivity contribution in [3.63, 3.8) is 0 Å². The Hall–Kier alpha value is -2.14. The summed E-state index contributed by atoms with van der Waals surface area (Å²) in [6.45, 7) is 4.46. The molecule has 2 heteroatoms. The van der Waals surface area contributed by atoms with Crippen LogP contribution in [0.25, 0.3) is 11.3 Å². The Morgan fingerprint density at radius 1 is 1.29 bits per heavy atom. The molecule has 0 spiro atoms. The van der Waals surface area contributed by atoms with Crippen molar-refractivity contribution in [1.29, 1.82) is 0 Å². The van der Waals surface area contributed by atoms with E-state index in [9.17, 15) is 0 Å². The SMILES string of the molecule is C#Cc1cc(-c2ccc(C)o2)ccc1OCC. The molecule has 0 aliphatic heterocycles. The third-order valence-corrected chi connectivity index (χ3v) is 2.46. The lowest BCUT2D eigenvalue weighted by molar-refractivity contribution is 0.339. The molecule has 0 radical (unpaired) electrons. The van der Waals surface area contributed by atoms with Gasteiger partial charge in [0.25, 0.3) is 0 Å². The Kier molecular flexibility index (Phi) is 3.20. The molecule has 1 aromatic carbocycles. The number of aryl methyl sites for hydroxylation is 1. The van der Waals surface area contributed by atoms with Crippen LogP contribution in [0, 0.1) is 19.3 Å². The van der Waals surface area contributed by atoms with Crippen molar-refractivity contribution in [3.05, 3.63) is 41.7 Å². The van der Waals surface area contributed by atoms with Crippen LogP contribution in [-0.4, -0.2) is 6.61 Å². The van der Waals surface area contributed by atoms with Crippen molar-refractivity contribution < 1.29 is 9.15 Å². The molecule has 1 heterocycles. The van der Waals surface area contributed by atoms with Gasteiger partial charge in [-0.1, -0.05) is 5.92 Å². The van der Waals surface area contributed by atoms with E-state index in [0.717, 1.165) is 28.4 Å². The maximum absolute atomic E-state index is 5.56. The first-order valence-electron chi connectivity index (χ1n) is 5.55. The van der Waals surface area contributed by atoms with Crippen LogP contribution in [-0.2, 0) is 0 Å². The van der Waals surface area contributed by atoms with Crippen LogP contribution in [0.15, 0.2) is 34.7 Å². The first kappa shape index (κ1) is 11.3. The molecular weight excluding hydrogens is 212 g/mol. The maximum Gasteiger partial charge on any atom is 0.134 e. The normalized spacial score (nSPS) is 9.94. The highest BCUT2D eigenvalue weighted by molar-refractivity contribution is 5.63. The van der Waals surface area contributed by atoms with Gasteiger partial charge in [-0.15, -0.1) is 6.42 Å². The molecule has 0 N–H and O–H groups in total. The van der Waals surface area contributed by atoms with Gasteiger partial charge in [-0.3, -0.25) is 0 Å². The summed E-state index contributed by atoms with van der Waals surface area (Å²) in [6.07, 6.45) is 5.47. The van der Waals surface area contributed by atoms with Crippen LogP contribution in [0.5, 0.6) is 5.75 Å². The summed E-state index contributed by atoms with van der Waals surface area (Å²) in [6, 6.07) is 9.60. The summed E-state index contributed by atoms with van der Waals surface area (Å²) in [5.74, 6) is 5.08. The van der Waals surface area contributed by atoms with Crippen molar-refractivity contribution in [3.8, 4) is 29.4 Å². The van der Waals surface area contributed by atoms with E-state index < -0.39 is 0 Å². The van der Waals surface area contributed by atoms with Crippen LogP contribution in [0.4, 0.5) is 0 Å². The minimum absolute atomic E-state index is 0.605. The van der Waals surface area contributed by atoms with Gasteiger partial charge in [0.15, 0.2) is 0 Å². The van der Waals surface area contributed by atoms with E-state index in [2.05, 4.69) is 5.92 Å². The molecule has 2 aromatic rings. The minimum Gasteiger partial charge on any atom is -0.493 e. The topological polar surface area (TPSA) is 22.4 Å². The van der Waals surface area contributed by atoms with Gasteiger partial charge in [0.1, 0.15) is 17.3 Å². The summed E-state index contributed by atoms with van der Waals surface area (Å²) in [5.41, 5.74) is 1.72. The quantitative estimate of drug-likeness (QED) is 0.745. The second kappa shape index (κ2) is 4.80. The molecule has 0 unspecified atom stereocenters. The van der Waals surface area contributed by atoms with Crippen LogP contribution in [0.2, 0.25) is 0 Å². The predicted octanol–water partition coefficient (Wildman–Crippen LogP) is 3.64. The zero-order valence-corrected chi connectivity index (χ0v) is 9.99. The van der Waals surface area contributed by atoms with Crippen molar-refractivity contribution in [2.24, 2.45) is 0 Å². The summed E-state index contributed by atoms with van der Waals surface area (Å²) in [5, 5.41) is 0. The third kappa shape index (κ3) is 2.34. The van der Waals surface area contributed by atoms with Gasteiger partial charge < -0.3 is 9.15 Å². The maximum atomic E-state index is 5.56. The van der Waals surface area contributed by atoms with Crippen molar-refractivity contribution in [2.45, 2.75) is 13.8 Å². The lowest BCUT2D eigenvalue weighted by Gasteiger charge is -2.07. The number of terminal acetylenes is 1. The molecule has 0 fully saturated rings. The monoisotopic (exact) mass is 226 g/mol. The van der Waals surface area contributed by atoms with E-state index in [1.165, 1.54) is 0 Å². The number of rotatable bonds is 3. The highest BCUT2D eigenvalue weighted by Crippen LogP contribution is 2.27. The average Bonchev–Trinajstić information content (AvgIpc) is 2.77. The highest BCUT2D eigenvalue weighted by atomic mass is 16.5. The Balaban J connectivity index is 2.42. The van der Waals surface area contributed by atoms with Gasteiger partial charge in [0.05, 0.1) is 12.2 Å². The first-order chi connectivity index (χ1) is 8.24. The van der Waals surface area contributed by atoms with E-state index in [1.807, 2.05) is 44.2 Å². The van der Waals surface area contributed by atoms with E-state index >= 15 is 0 Å². The summed E-state index contributed by atoms with van der Waals surface area (Å²) < 4.78 is 11.0. The fourth-order valence-corrected chi connectivity index (χ4v) is 1.67. The molecular formula is C15H14O2. The molecule has 0 aliphatic carbocycles. The summed E-state index contributed by atoms with van der Waals surface area (Å²) in [7, 11) is 0. The van der Waals surface area contributed by atoms with Gasteiger partial charge in [-0.05, 0) is 44.2 Å². The van der Waals surface area contributed by atoms with E-state index in [4.69, 9.17) is 15.6 Å². The molecule has 0 amide bonds. The minimum atomic E-state index is 0.605. The molecule has 86 valence electrons. The van der Waals surface area contributed by atoms with E-state index in [1.54, 1.807) is 0 Å². The molecule has 17 heavy (non-hydrogen) atoms. The van der Waals surface area contributed by atoms with Gasteiger partial charge in [0, 0.05) is 5.56 Å². The first-order valence-corrected chi connectivity index (χ1v) is 5.55. The predicted molar refractivity (Wildman–Crippen MR) is 68.0 cm³/mol. The van der Waals surface area contributed by atoms with Gasteiger partial charge in [-0.25, -0.2) is 0 Å². The smallest absolute Gasteiger partial charge is 0.134 e. The average molecular weight is 226 g/mol. The third-order valence-electron chi connectivity index (χ3n) is 2.46. The second-order valence-corrected chi connectivity index (χ2v) is 3.70. The van der Waals surface area contributed by atoms with Crippen LogP contribution >= 0.6 is 0 Å². The van der Waals surface area contributed by atoms with Crippen LogP contribution < -0.4 is 4.74 Å². The van der Waals surface area contributed by atoms with Gasteiger partial charge in [-0.2, -0.15) is 0 Å². The molecule has 0 saturated heterocycles. The van der Waals surface area contributed by atoms with E-state index in [0.29, 0.717) is 6.61 Å². The Morgan fingerprint density at radius 3 is 2.71 bits per heavy atom. The van der Waals surface area contributed by atoms with Gasteiger partial charge >= 0.3 is 0 Å². The van der Waals surface area contributed by atoms with Crippen LogP contribution in [0.3, 0.4) is 0 Å². The standard InChI is InChI=1S/C15H14O2/c1-4-12-10-13(7-9-14(12)16-5-2)15-8-6-11(3)17-15/h1,6-10H,5H2,2-3H3. The fourth-order valence-electron chi connectivity index (χ4n) is 1.67. The molecule has 2 nitrogen and oxygen atoms in total. The number of hydrogen-bond acceptors (Lipinski definition) is 2. The van der Waals surface area contributed by atoms with Crippen molar-refractivity contribution in [2.75, 3.05) is 6.61 Å². The second-order valence-electron chi connectivity index (χ2n) is 3.70. The molecule has 0 atom stereocenters. The molecule has 1 aromatic heterocycles.